The molecule has 7 nitrogen and oxygen atoms in total. The van der Waals surface area contributed by atoms with Gasteiger partial charge in [0.15, 0.2) is 5.16 Å². The van der Waals surface area contributed by atoms with Gasteiger partial charge in [-0.15, -0.1) is 10.2 Å². The van der Waals surface area contributed by atoms with Crippen LogP contribution in [0.25, 0.3) is 0 Å². The van der Waals surface area contributed by atoms with Gasteiger partial charge in [-0.05, 0) is 38.1 Å². The Balaban J connectivity index is 1.59. The summed E-state index contributed by atoms with van der Waals surface area (Å²) in [5.41, 5.74) is 2.30. The van der Waals surface area contributed by atoms with Crippen LogP contribution in [-0.4, -0.2) is 32.3 Å². The number of aryl methyl sites for hydroxylation is 1. The molecule has 0 atom stereocenters. The van der Waals surface area contributed by atoms with Crippen molar-refractivity contribution in [3.05, 3.63) is 63.9 Å². The van der Waals surface area contributed by atoms with Crippen LogP contribution in [-0.2, 0) is 22.6 Å². The van der Waals surface area contributed by atoms with E-state index >= 15 is 0 Å². The molecule has 31 heavy (non-hydrogen) atoms. The van der Waals surface area contributed by atoms with Crippen LogP contribution in [0.4, 0.5) is 11.4 Å². The van der Waals surface area contributed by atoms with Crippen LogP contribution in [0.15, 0.2) is 47.6 Å². The lowest BCUT2D eigenvalue weighted by Crippen LogP contribution is -2.18. The third-order valence-electron chi connectivity index (χ3n) is 4.32. The van der Waals surface area contributed by atoms with Crippen LogP contribution >= 0.6 is 35.0 Å². The van der Waals surface area contributed by atoms with Gasteiger partial charge in [-0.25, -0.2) is 0 Å². The van der Waals surface area contributed by atoms with E-state index in [-0.39, 0.29) is 29.0 Å². The number of carbonyl (C=O) groups excluding carboxylic acids is 2. The number of thioether (sulfide) groups is 1. The monoisotopic (exact) mass is 477 g/mol. The smallest absolute Gasteiger partial charge is 0.234 e. The molecular weight excluding hydrogens is 457 g/mol. The van der Waals surface area contributed by atoms with Crippen LogP contribution in [0.2, 0.25) is 10.0 Å². The minimum Gasteiger partial charge on any atom is -0.325 e. The van der Waals surface area contributed by atoms with Gasteiger partial charge in [-0.2, -0.15) is 0 Å². The van der Waals surface area contributed by atoms with Gasteiger partial charge in [0.2, 0.25) is 11.8 Å². The Bertz CT molecular complexity index is 1090. The van der Waals surface area contributed by atoms with Gasteiger partial charge in [0.05, 0.1) is 27.9 Å². The van der Waals surface area contributed by atoms with Gasteiger partial charge in [0, 0.05) is 12.2 Å². The Kier molecular flexibility index (Phi) is 7.95. The van der Waals surface area contributed by atoms with E-state index in [4.69, 9.17) is 23.2 Å². The fourth-order valence-corrected chi connectivity index (χ4v) is 3.95. The molecule has 1 aromatic heterocycles. The Morgan fingerprint density at radius 3 is 2.48 bits per heavy atom. The van der Waals surface area contributed by atoms with E-state index in [0.29, 0.717) is 28.2 Å². The molecule has 0 saturated carbocycles. The third-order valence-corrected chi connectivity index (χ3v) is 6.11. The Morgan fingerprint density at radius 1 is 1.03 bits per heavy atom. The molecule has 0 unspecified atom stereocenters. The summed E-state index contributed by atoms with van der Waals surface area (Å²) in [6, 6.07) is 12.6. The average molecular weight is 478 g/mol. The number of nitrogens with zero attached hydrogens (tertiary/aromatic N) is 3. The van der Waals surface area contributed by atoms with Crippen LogP contribution < -0.4 is 10.6 Å². The SMILES string of the molecule is CCn1c(CC(=O)Nc2cccc(Cl)c2Cl)nnc1SCC(=O)Nc1ccc(C)cc1. The van der Waals surface area contributed by atoms with E-state index in [0.717, 1.165) is 11.3 Å². The van der Waals surface area contributed by atoms with Gasteiger partial charge in [0.1, 0.15) is 5.82 Å². The fraction of sp³-hybridized carbons (Fsp3) is 0.238. The lowest BCUT2D eigenvalue weighted by Gasteiger charge is -2.10. The molecule has 2 aromatic carbocycles. The van der Waals surface area contributed by atoms with Crippen LogP contribution in [0.3, 0.4) is 0 Å². The molecule has 0 aliphatic rings. The van der Waals surface area contributed by atoms with E-state index in [1.54, 1.807) is 18.2 Å². The zero-order chi connectivity index (χ0) is 22.4. The number of carbonyl (C=O) groups is 2. The van der Waals surface area contributed by atoms with Crippen molar-refractivity contribution >= 4 is 58.2 Å². The zero-order valence-corrected chi connectivity index (χ0v) is 19.3. The molecule has 0 aliphatic heterocycles. The van der Waals surface area contributed by atoms with Crippen molar-refractivity contribution in [3.8, 4) is 0 Å². The first-order valence-electron chi connectivity index (χ1n) is 9.52. The molecule has 0 aliphatic carbocycles. The number of hydrogen-bond donors (Lipinski definition) is 2. The summed E-state index contributed by atoms with van der Waals surface area (Å²) in [5, 5.41) is 15.1. The summed E-state index contributed by atoms with van der Waals surface area (Å²) in [7, 11) is 0. The lowest BCUT2D eigenvalue weighted by atomic mass is 10.2. The molecule has 1 heterocycles. The summed E-state index contributed by atoms with van der Waals surface area (Å²) >= 11 is 13.4. The van der Waals surface area contributed by atoms with Crippen LogP contribution in [0, 0.1) is 6.92 Å². The topological polar surface area (TPSA) is 88.9 Å². The van der Waals surface area contributed by atoms with Gasteiger partial charge >= 0.3 is 0 Å². The molecule has 2 N–H and O–H groups in total. The van der Waals surface area contributed by atoms with Crippen molar-refractivity contribution in [2.24, 2.45) is 0 Å². The highest BCUT2D eigenvalue weighted by Gasteiger charge is 2.17. The largest absolute Gasteiger partial charge is 0.325 e. The highest BCUT2D eigenvalue weighted by atomic mass is 35.5. The van der Waals surface area contributed by atoms with E-state index in [1.165, 1.54) is 11.8 Å². The minimum absolute atomic E-state index is 0.0137. The predicted octanol–water partition coefficient (Wildman–Crippen LogP) is 4.83. The number of benzene rings is 2. The normalized spacial score (nSPS) is 10.7. The fourth-order valence-electron chi connectivity index (χ4n) is 2.78. The molecule has 10 heteroatoms. The maximum Gasteiger partial charge on any atom is 0.234 e. The summed E-state index contributed by atoms with van der Waals surface area (Å²) in [6.07, 6.45) is 0.0137. The molecule has 0 bridgehead atoms. The third kappa shape index (κ3) is 6.22. The molecule has 0 spiro atoms. The maximum atomic E-state index is 12.5. The predicted molar refractivity (Wildman–Crippen MR) is 125 cm³/mol. The molecule has 162 valence electrons. The first kappa shape index (κ1) is 23.1. The van der Waals surface area contributed by atoms with Crippen molar-refractivity contribution in [2.45, 2.75) is 32.0 Å². The van der Waals surface area contributed by atoms with E-state index < -0.39 is 0 Å². The van der Waals surface area contributed by atoms with Crippen molar-refractivity contribution in [1.29, 1.82) is 0 Å². The molecule has 0 fully saturated rings. The Labute approximate surface area is 194 Å². The minimum atomic E-state index is -0.292. The number of rotatable bonds is 8. The van der Waals surface area contributed by atoms with Crippen LogP contribution in [0.5, 0.6) is 0 Å². The molecule has 3 rings (SSSR count). The zero-order valence-electron chi connectivity index (χ0n) is 17.0. The average Bonchev–Trinajstić information content (AvgIpc) is 3.13. The number of hydrogen-bond acceptors (Lipinski definition) is 5. The summed E-state index contributed by atoms with van der Waals surface area (Å²) in [6.45, 7) is 4.48. The summed E-state index contributed by atoms with van der Waals surface area (Å²) < 4.78 is 1.81. The second-order valence-corrected chi connectivity index (χ2v) is 8.40. The van der Waals surface area contributed by atoms with Crippen molar-refractivity contribution < 1.29 is 9.59 Å². The number of nitrogens with one attached hydrogen (secondary N) is 2. The van der Waals surface area contributed by atoms with Gasteiger partial charge in [-0.3, -0.25) is 9.59 Å². The second kappa shape index (κ2) is 10.7. The Hall–Kier alpha value is -2.55. The van der Waals surface area contributed by atoms with E-state index in [1.807, 2.05) is 42.7 Å². The van der Waals surface area contributed by atoms with Gasteiger partial charge in [-0.1, -0.05) is 58.7 Å². The number of aromatic nitrogens is 3. The summed E-state index contributed by atoms with van der Waals surface area (Å²) in [4.78, 5) is 24.7. The molecule has 3 aromatic rings. The van der Waals surface area contributed by atoms with Crippen molar-refractivity contribution in [3.63, 3.8) is 0 Å². The maximum absolute atomic E-state index is 12.5. The van der Waals surface area contributed by atoms with Gasteiger partial charge in [0.25, 0.3) is 0 Å². The molecule has 0 saturated heterocycles. The first-order chi connectivity index (χ1) is 14.9. The highest BCUT2D eigenvalue weighted by Crippen LogP contribution is 2.29. The molecule has 2 amide bonds. The van der Waals surface area contributed by atoms with Gasteiger partial charge < -0.3 is 15.2 Å². The lowest BCUT2D eigenvalue weighted by molar-refractivity contribution is -0.116. The number of anilines is 2. The van der Waals surface area contributed by atoms with Crippen LogP contribution in [0.1, 0.15) is 18.3 Å². The quantitative estimate of drug-likeness (QED) is 0.453. The van der Waals surface area contributed by atoms with E-state index in [9.17, 15) is 9.59 Å². The van der Waals surface area contributed by atoms with Crippen molar-refractivity contribution in [1.82, 2.24) is 14.8 Å². The number of halogens is 2. The second-order valence-electron chi connectivity index (χ2n) is 6.67. The van der Waals surface area contributed by atoms with E-state index in [2.05, 4.69) is 20.8 Å². The summed E-state index contributed by atoms with van der Waals surface area (Å²) in [5.74, 6) is 0.241. The number of amides is 2. The van der Waals surface area contributed by atoms with Crippen molar-refractivity contribution in [2.75, 3.05) is 16.4 Å². The molecular formula is C21H21Cl2N5O2S. The Morgan fingerprint density at radius 2 is 1.77 bits per heavy atom. The standard InChI is InChI=1S/C21H21Cl2N5O2S/c1-3-28-17(11-18(29)25-16-6-4-5-15(22)20(16)23)26-27-21(28)31-12-19(30)24-14-9-7-13(2)8-10-14/h4-10H,3,11-12H2,1-2H3,(H,24,30)(H,25,29). The first-order valence-corrected chi connectivity index (χ1v) is 11.3. The highest BCUT2D eigenvalue weighted by molar-refractivity contribution is 7.99. The molecule has 0 radical (unpaired) electrons.